The van der Waals surface area contributed by atoms with Crippen molar-refractivity contribution in [2.24, 2.45) is 0 Å². The molecule has 4 atom stereocenters. The average molecular weight is 723 g/mol. The molecule has 0 radical (unpaired) electrons. The Morgan fingerprint density at radius 3 is 0.962 bits per heavy atom. The fourth-order valence-corrected chi connectivity index (χ4v) is 12.4. The van der Waals surface area contributed by atoms with Crippen molar-refractivity contribution in [2.75, 3.05) is 0 Å². The summed E-state index contributed by atoms with van der Waals surface area (Å²) in [6.07, 6.45) is 1.44. The minimum absolute atomic E-state index is 0.00159. The van der Waals surface area contributed by atoms with E-state index in [2.05, 4.69) is 173 Å². The zero-order chi connectivity index (χ0) is 35.6. The molecule has 2 aliphatic heterocycles. The summed E-state index contributed by atoms with van der Waals surface area (Å²) in [6.45, 7) is 8.57. The molecule has 0 aromatic heterocycles. The van der Waals surface area contributed by atoms with Crippen LogP contribution in [0, 0.1) is 0 Å². The third-order valence-electron chi connectivity index (χ3n) is 9.61. The Morgan fingerprint density at radius 1 is 0.365 bits per heavy atom. The van der Waals surface area contributed by atoms with Crippen molar-refractivity contribution in [3.8, 4) is 34.1 Å². The van der Waals surface area contributed by atoms with Gasteiger partial charge in [0, 0.05) is 24.0 Å². The molecule has 0 fully saturated rings. The molecule has 0 saturated heterocycles. The quantitative estimate of drug-likeness (QED) is 0.155. The molecule has 6 aromatic rings. The highest BCUT2D eigenvalue weighted by molar-refractivity contribution is 7.80. The Morgan fingerprint density at radius 2 is 0.654 bits per heavy atom. The van der Waals surface area contributed by atoms with E-state index in [4.69, 9.17) is 18.9 Å². The van der Waals surface area contributed by atoms with Gasteiger partial charge in [0.15, 0.2) is 23.0 Å². The van der Waals surface area contributed by atoms with E-state index >= 15 is 0 Å². The van der Waals surface area contributed by atoms with E-state index in [0.29, 0.717) is 0 Å². The van der Waals surface area contributed by atoms with Crippen LogP contribution in [0.4, 0.5) is 0 Å². The predicted molar refractivity (Wildman–Crippen MR) is 219 cm³/mol. The van der Waals surface area contributed by atoms with Gasteiger partial charge >= 0.3 is 0 Å². The second-order valence-electron chi connectivity index (χ2n) is 13.8. The number of benzene rings is 6. The Bertz CT molecular complexity index is 1890. The predicted octanol–water partition coefficient (Wildman–Crippen LogP) is 8.75. The molecule has 4 nitrogen and oxygen atoms in total. The Kier molecular flexibility index (Phi) is 10.0. The molecule has 2 heterocycles. The molecular formula is C46H44O4P2. The number of hydrogen-bond donors (Lipinski definition) is 0. The van der Waals surface area contributed by atoms with Crippen LogP contribution in [0.2, 0.25) is 0 Å². The zero-order valence-electron chi connectivity index (χ0n) is 30.1. The van der Waals surface area contributed by atoms with E-state index < -0.39 is 15.8 Å². The summed E-state index contributed by atoms with van der Waals surface area (Å²) in [4.78, 5) is 0. The minimum atomic E-state index is -1.04. The third-order valence-corrected chi connectivity index (χ3v) is 14.6. The highest BCUT2D eigenvalue weighted by atomic mass is 31.1. The van der Waals surface area contributed by atoms with Crippen molar-refractivity contribution < 1.29 is 18.9 Å². The van der Waals surface area contributed by atoms with Crippen molar-refractivity contribution in [1.82, 2.24) is 0 Å². The molecule has 0 N–H and O–H groups in total. The van der Waals surface area contributed by atoms with Gasteiger partial charge in [-0.05, 0) is 99.6 Å². The summed E-state index contributed by atoms with van der Waals surface area (Å²) in [7, 11) is -2.09. The van der Waals surface area contributed by atoms with Crippen LogP contribution in [-0.4, -0.2) is 24.4 Å². The van der Waals surface area contributed by atoms with E-state index in [0.717, 1.165) is 47.0 Å². The first-order chi connectivity index (χ1) is 25.4. The lowest BCUT2D eigenvalue weighted by atomic mass is 10.0. The second kappa shape index (κ2) is 15.2. The number of hydrogen-bond acceptors (Lipinski definition) is 4. The normalized spacial score (nSPS) is 19.6. The molecule has 52 heavy (non-hydrogen) atoms. The summed E-state index contributed by atoms with van der Waals surface area (Å²) in [6, 6.07) is 52.4. The average Bonchev–Trinajstić information content (AvgIpc) is 3.41. The van der Waals surface area contributed by atoms with Gasteiger partial charge in [0.1, 0.15) is 0 Å². The molecule has 0 amide bonds. The van der Waals surface area contributed by atoms with E-state index in [1.54, 1.807) is 0 Å². The number of rotatable bonds is 7. The summed E-state index contributed by atoms with van der Waals surface area (Å²) in [5, 5.41) is 7.43. The van der Waals surface area contributed by atoms with Crippen molar-refractivity contribution in [1.29, 1.82) is 0 Å². The summed E-state index contributed by atoms with van der Waals surface area (Å²) >= 11 is 0. The maximum Gasteiger partial charge on any atom is 0.170 e. The summed E-state index contributed by atoms with van der Waals surface area (Å²) < 4.78 is 27.6. The van der Waals surface area contributed by atoms with E-state index in [1.165, 1.54) is 31.8 Å². The van der Waals surface area contributed by atoms with Crippen LogP contribution in [0.25, 0.3) is 11.1 Å². The molecular weight excluding hydrogens is 678 g/mol. The van der Waals surface area contributed by atoms with Crippen LogP contribution in [0.3, 0.4) is 0 Å². The topological polar surface area (TPSA) is 36.9 Å². The first kappa shape index (κ1) is 34.5. The monoisotopic (exact) mass is 722 g/mol. The van der Waals surface area contributed by atoms with E-state index in [1.807, 2.05) is 0 Å². The third kappa shape index (κ3) is 6.95. The SMILES string of the molecule is CC1C[C@@H](C)Oc2c(ccc(P(c3ccccc3)c3ccccc3)c2-c2c(P(c3ccccc3)c3ccccc3)ccc3c2O[C@H](C)C[C@@H](C)O3)O1. The van der Waals surface area contributed by atoms with Gasteiger partial charge in [-0.1, -0.05) is 121 Å². The van der Waals surface area contributed by atoms with Crippen LogP contribution in [0.1, 0.15) is 40.5 Å². The van der Waals surface area contributed by atoms with Crippen LogP contribution in [0.5, 0.6) is 23.0 Å². The first-order valence-corrected chi connectivity index (χ1v) is 20.9. The van der Waals surface area contributed by atoms with Crippen molar-refractivity contribution in [2.45, 2.75) is 65.0 Å². The van der Waals surface area contributed by atoms with Gasteiger partial charge in [-0.25, -0.2) is 0 Å². The molecule has 6 aromatic carbocycles. The van der Waals surface area contributed by atoms with Gasteiger partial charge in [-0.15, -0.1) is 0 Å². The molecule has 0 spiro atoms. The van der Waals surface area contributed by atoms with Crippen molar-refractivity contribution in [3.63, 3.8) is 0 Å². The van der Waals surface area contributed by atoms with Crippen LogP contribution in [-0.2, 0) is 0 Å². The van der Waals surface area contributed by atoms with Crippen LogP contribution in [0.15, 0.2) is 146 Å². The van der Waals surface area contributed by atoms with Gasteiger partial charge in [0.05, 0.1) is 24.4 Å². The first-order valence-electron chi connectivity index (χ1n) is 18.3. The lowest BCUT2D eigenvalue weighted by Gasteiger charge is -2.30. The molecule has 0 saturated carbocycles. The van der Waals surface area contributed by atoms with Gasteiger partial charge < -0.3 is 18.9 Å². The highest BCUT2D eigenvalue weighted by Gasteiger charge is 2.36. The van der Waals surface area contributed by atoms with Crippen molar-refractivity contribution in [3.05, 3.63) is 146 Å². The Balaban J connectivity index is 1.52. The van der Waals surface area contributed by atoms with Gasteiger partial charge in [0.25, 0.3) is 0 Å². The summed E-state index contributed by atoms with van der Waals surface area (Å²) in [5.41, 5.74) is 2.04. The van der Waals surface area contributed by atoms with Gasteiger partial charge in [-0.3, -0.25) is 0 Å². The number of fused-ring (bicyclic) bond motifs is 2. The molecule has 0 aliphatic carbocycles. The van der Waals surface area contributed by atoms with Gasteiger partial charge in [-0.2, -0.15) is 0 Å². The fraction of sp³-hybridized carbons (Fsp3) is 0.217. The zero-order valence-corrected chi connectivity index (χ0v) is 31.9. The van der Waals surface area contributed by atoms with Crippen molar-refractivity contribution >= 4 is 47.7 Å². The summed E-state index contributed by atoms with van der Waals surface area (Å²) in [5.74, 6) is 3.06. The molecule has 2 aliphatic rings. The highest BCUT2D eigenvalue weighted by Crippen LogP contribution is 2.53. The molecule has 6 heteroatoms. The standard InChI is InChI=1S/C46H44O4P2/c1-31-29-33(3)49-45-39(47-31)25-27-41(51(35-17-9-5-10-18-35)36-19-11-6-12-20-36)43(45)44-42(28-26-40-46(44)50-34(4)30-32(2)48-40)52(37-21-13-7-14-22-37)38-23-15-8-16-24-38/h5-28,31-34H,29-30H2,1-4H3/t31-,32?,33-,34-/m1/s1. The molecule has 1 unspecified atom stereocenters. The Labute approximate surface area is 310 Å². The van der Waals surface area contributed by atoms with Gasteiger partial charge in [0.2, 0.25) is 0 Å². The Hall–Kier alpha value is -4.62. The number of ether oxygens (including phenoxy) is 4. The maximum atomic E-state index is 7.09. The van der Waals surface area contributed by atoms with E-state index in [9.17, 15) is 0 Å². The lowest BCUT2D eigenvalue weighted by molar-refractivity contribution is 0.167. The van der Waals surface area contributed by atoms with Crippen LogP contribution < -0.4 is 50.8 Å². The molecule has 8 rings (SSSR count). The largest absolute Gasteiger partial charge is 0.487 e. The fourth-order valence-electron chi connectivity index (χ4n) is 7.51. The second-order valence-corrected chi connectivity index (χ2v) is 18.1. The smallest absolute Gasteiger partial charge is 0.170 e. The maximum absolute atomic E-state index is 7.09. The van der Waals surface area contributed by atoms with Crippen LogP contribution >= 0.6 is 15.8 Å². The minimum Gasteiger partial charge on any atom is -0.487 e. The molecule has 262 valence electrons. The van der Waals surface area contributed by atoms with E-state index in [-0.39, 0.29) is 24.4 Å². The molecule has 0 bridgehead atoms. The lowest BCUT2D eigenvalue weighted by Crippen LogP contribution is -2.27.